The SMILES string of the molecule is COC(=O)c1ccc(CNC(=O)COC(=O)c2ccccc2-n2cnnn2)cc1. The van der Waals surface area contributed by atoms with Crippen molar-refractivity contribution in [2.75, 3.05) is 13.7 Å². The molecule has 0 bridgehead atoms. The Balaban J connectivity index is 1.52. The van der Waals surface area contributed by atoms with Gasteiger partial charge in [-0.25, -0.2) is 9.59 Å². The maximum Gasteiger partial charge on any atom is 0.340 e. The Morgan fingerprint density at radius 3 is 2.48 bits per heavy atom. The molecule has 0 atom stereocenters. The van der Waals surface area contributed by atoms with E-state index < -0.39 is 24.5 Å². The lowest BCUT2D eigenvalue weighted by molar-refractivity contribution is -0.124. The number of rotatable bonds is 7. The molecule has 0 fully saturated rings. The predicted octanol–water partition coefficient (Wildman–Crippen LogP) is 0.922. The van der Waals surface area contributed by atoms with Gasteiger partial charge in [-0.1, -0.05) is 24.3 Å². The van der Waals surface area contributed by atoms with Crippen molar-refractivity contribution in [2.24, 2.45) is 0 Å². The summed E-state index contributed by atoms with van der Waals surface area (Å²) in [6.07, 6.45) is 1.35. The molecule has 1 heterocycles. The van der Waals surface area contributed by atoms with Gasteiger partial charge < -0.3 is 14.8 Å². The molecule has 0 radical (unpaired) electrons. The van der Waals surface area contributed by atoms with Gasteiger partial charge in [0, 0.05) is 6.54 Å². The van der Waals surface area contributed by atoms with Crippen molar-refractivity contribution in [1.29, 1.82) is 0 Å². The number of amides is 1. The number of carbonyl (C=O) groups is 3. The molecule has 1 N–H and O–H groups in total. The van der Waals surface area contributed by atoms with Gasteiger partial charge in [-0.2, -0.15) is 4.68 Å². The van der Waals surface area contributed by atoms with E-state index in [9.17, 15) is 14.4 Å². The second-order valence-electron chi connectivity index (χ2n) is 5.81. The molecule has 10 nitrogen and oxygen atoms in total. The van der Waals surface area contributed by atoms with Gasteiger partial charge in [0.05, 0.1) is 23.9 Å². The lowest BCUT2D eigenvalue weighted by atomic mass is 10.1. The van der Waals surface area contributed by atoms with E-state index in [0.29, 0.717) is 11.3 Å². The molecule has 0 saturated carbocycles. The number of para-hydroxylation sites is 1. The van der Waals surface area contributed by atoms with Crippen molar-refractivity contribution in [3.05, 3.63) is 71.5 Å². The fourth-order valence-corrected chi connectivity index (χ4v) is 2.45. The Labute approximate surface area is 165 Å². The van der Waals surface area contributed by atoms with Gasteiger partial charge in [0.15, 0.2) is 6.61 Å². The summed E-state index contributed by atoms with van der Waals surface area (Å²) in [5.74, 6) is -1.57. The van der Waals surface area contributed by atoms with Crippen LogP contribution in [-0.4, -0.2) is 51.8 Å². The molecule has 3 aromatic rings. The average molecular weight is 395 g/mol. The van der Waals surface area contributed by atoms with Crippen LogP contribution in [0.4, 0.5) is 0 Å². The topological polar surface area (TPSA) is 125 Å². The number of ether oxygens (including phenoxy) is 2. The Morgan fingerprint density at radius 2 is 1.79 bits per heavy atom. The summed E-state index contributed by atoms with van der Waals surface area (Å²) in [6.45, 7) is -0.220. The highest BCUT2D eigenvalue weighted by atomic mass is 16.5. The van der Waals surface area contributed by atoms with Crippen LogP contribution in [0, 0.1) is 0 Å². The maximum atomic E-state index is 12.3. The summed E-state index contributed by atoms with van der Waals surface area (Å²) in [7, 11) is 1.30. The molecular formula is C19H17N5O5. The molecule has 0 aliphatic rings. The maximum absolute atomic E-state index is 12.3. The molecule has 0 aliphatic carbocycles. The van der Waals surface area contributed by atoms with Crippen molar-refractivity contribution >= 4 is 17.8 Å². The third kappa shape index (κ3) is 5.01. The number of esters is 2. The van der Waals surface area contributed by atoms with Crippen molar-refractivity contribution in [1.82, 2.24) is 25.5 Å². The molecule has 0 spiro atoms. The third-order valence-electron chi connectivity index (χ3n) is 3.92. The zero-order chi connectivity index (χ0) is 20.6. The van der Waals surface area contributed by atoms with Crippen LogP contribution in [0.2, 0.25) is 0 Å². The number of carbonyl (C=O) groups excluding carboxylic acids is 3. The first kappa shape index (κ1) is 19.7. The zero-order valence-electron chi connectivity index (χ0n) is 15.4. The van der Waals surface area contributed by atoms with Crippen LogP contribution >= 0.6 is 0 Å². The normalized spacial score (nSPS) is 10.2. The lowest BCUT2D eigenvalue weighted by Crippen LogP contribution is -2.28. The minimum absolute atomic E-state index is 0.221. The molecule has 1 amide bonds. The molecular weight excluding hydrogens is 378 g/mol. The minimum Gasteiger partial charge on any atom is -0.465 e. The first-order valence-electron chi connectivity index (χ1n) is 8.52. The van der Waals surface area contributed by atoms with E-state index in [1.165, 1.54) is 18.1 Å². The van der Waals surface area contributed by atoms with Gasteiger partial charge in [0.25, 0.3) is 5.91 Å². The number of nitrogens with zero attached hydrogens (tertiary/aromatic N) is 4. The number of tetrazole rings is 1. The van der Waals surface area contributed by atoms with E-state index in [1.54, 1.807) is 48.5 Å². The fraction of sp³-hybridized carbons (Fsp3) is 0.158. The summed E-state index contributed by atoms with van der Waals surface area (Å²) < 4.78 is 11.0. The molecule has 1 aromatic heterocycles. The first-order chi connectivity index (χ1) is 14.1. The van der Waals surface area contributed by atoms with Crippen molar-refractivity contribution in [2.45, 2.75) is 6.54 Å². The molecule has 148 valence electrons. The number of methoxy groups -OCH3 is 1. The number of aromatic nitrogens is 4. The summed E-state index contributed by atoms with van der Waals surface area (Å²) in [6, 6.07) is 13.2. The third-order valence-corrected chi connectivity index (χ3v) is 3.92. The van der Waals surface area contributed by atoms with E-state index in [-0.39, 0.29) is 12.1 Å². The predicted molar refractivity (Wildman–Crippen MR) is 99.1 cm³/mol. The number of hydrogen-bond donors (Lipinski definition) is 1. The van der Waals surface area contributed by atoms with Crippen molar-refractivity contribution in [3.8, 4) is 5.69 Å². The standard InChI is InChI=1S/C19H17N5O5/c1-28-18(26)14-8-6-13(7-9-14)10-20-17(25)11-29-19(27)15-4-2-3-5-16(15)24-12-21-22-23-24/h2-9,12H,10-11H2,1H3,(H,20,25). The largest absolute Gasteiger partial charge is 0.465 e. The molecule has 0 unspecified atom stereocenters. The van der Waals surface area contributed by atoms with Gasteiger partial charge in [0.2, 0.25) is 0 Å². The zero-order valence-corrected chi connectivity index (χ0v) is 15.4. The van der Waals surface area contributed by atoms with Crippen LogP contribution in [0.5, 0.6) is 0 Å². The Bertz CT molecular complexity index is 1000. The van der Waals surface area contributed by atoms with Crippen molar-refractivity contribution in [3.63, 3.8) is 0 Å². The van der Waals surface area contributed by atoms with E-state index in [2.05, 4.69) is 25.6 Å². The van der Waals surface area contributed by atoms with Crippen LogP contribution in [0.25, 0.3) is 5.69 Å². The highest BCUT2D eigenvalue weighted by Crippen LogP contribution is 2.14. The van der Waals surface area contributed by atoms with Gasteiger partial charge in [-0.15, -0.1) is 5.10 Å². The minimum atomic E-state index is -0.673. The highest BCUT2D eigenvalue weighted by molar-refractivity contribution is 5.94. The second-order valence-corrected chi connectivity index (χ2v) is 5.81. The molecule has 3 rings (SSSR count). The average Bonchev–Trinajstić information content (AvgIpc) is 3.30. The van der Waals surface area contributed by atoms with Crippen LogP contribution in [0.1, 0.15) is 26.3 Å². The number of nitrogens with one attached hydrogen (secondary N) is 1. The smallest absolute Gasteiger partial charge is 0.340 e. The van der Waals surface area contributed by atoms with Crippen LogP contribution in [0.15, 0.2) is 54.9 Å². The summed E-state index contributed by atoms with van der Waals surface area (Å²) >= 11 is 0. The molecule has 2 aromatic carbocycles. The van der Waals surface area contributed by atoms with E-state index in [4.69, 9.17) is 4.74 Å². The van der Waals surface area contributed by atoms with E-state index >= 15 is 0 Å². The van der Waals surface area contributed by atoms with Gasteiger partial charge in [-0.05, 0) is 40.3 Å². The van der Waals surface area contributed by atoms with E-state index in [0.717, 1.165) is 5.56 Å². The quantitative estimate of drug-likeness (QED) is 0.586. The van der Waals surface area contributed by atoms with Crippen LogP contribution < -0.4 is 5.32 Å². The Kier molecular flexibility index (Phi) is 6.25. The summed E-state index contributed by atoms with van der Waals surface area (Å²) in [5.41, 5.74) is 1.86. The number of benzene rings is 2. The van der Waals surface area contributed by atoms with Gasteiger partial charge >= 0.3 is 11.9 Å². The molecule has 0 saturated heterocycles. The van der Waals surface area contributed by atoms with Crippen LogP contribution in [-0.2, 0) is 20.8 Å². The molecule has 0 aliphatic heterocycles. The molecule has 29 heavy (non-hydrogen) atoms. The first-order valence-corrected chi connectivity index (χ1v) is 8.52. The Hall–Kier alpha value is -4.08. The summed E-state index contributed by atoms with van der Waals surface area (Å²) in [4.78, 5) is 35.7. The van der Waals surface area contributed by atoms with E-state index in [1.807, 2.05) is 0 Å². The van der Waals surface area contributed by atoms with Gasteiger partial charge in [0.1, 0.15) is 6.33 Å². The second kappa shape index (κ2) is 9.22. The monoisotopic (exact) mass is 395 g/mol. The summed E-state index contributed by atoms with van der Waals surface area (Å²) in [5, 5.41) is 13.5. The lowest BCUT2D eigenvalue weighted by Gasteiger charge is -2.09. The molecule has 10 heteroatoms. The fourth-order valence-electron chi connectivity index (χ4n) is 2.45. The Morgan fingerprint density at radius 1 is 1.03 bits per heavy atom. The van der Waals surface area contributed by atoms with Gasteiger partial charge in [-0.3, -0.25) is 4.79 Å². The van der Waals surface area contributed by atoms with Crippen molar-refractivity contribution < 1.29 is 23.9 Å². The number of hydrogen-bond acceptors (Lipinski definition) is 8. The van der Waals surface area contributed by atoms with Crippen LogP contribution in [0.3, 0.4) is 0 Å². The highest BCUT2D eigenvalue weighted by Gasteiger charge is 2.16.